The van der Waals surface area contributed by atoms with E-state index in [9.17, 15) is 4.39 Å². The van der Waals surface area contributed by atoms with E-state index in [1.165, 1.54) is 30.0 Å². The van der Waals surface area contributed by atoms with Gasteiger partial charge in [-0.05, 0) is 64.0 Å². The topological polar surface area (TPSA) is 12.0 Å². The first kappa shape index (κ1) is 12.7. The molecule has 0 aromatic heterocycles. The van der Waals surface area contributed by atoms with Gasteiger partial charge in [-0.2, -0.15) is 0 Å². The summed E-state index contributed by atoms with van der Waals surface area (Å²) >= 11 is 3.16. The summed E-state index contributed by atoms with van der Waals surface area (Å²) in [6.07, 6.45) is 2.59. The minimum atomic E-state index is -0.236. The second-order valence-electron chi connectivity index (χ2n) is 4.96. The maximum absolute atomic E-state index is 13.4. The molecule has 1 saturated carbocycles. The van der Waals surface area contributed by atoms with Crippen molar-refractivity contribution < 1.29 is 4.39 Å². The summed E-state index contributed by atoms with van der Waals surface area (Å²) in [5.41, 5.74) is 3.56. The molecule has 0 bridgehead atoms. The summed E-state index contributed by atoms with van der Waals surface area (Å²) in [7, 11) is 0. The Morgan fingerprint density at radius 3 is 2.68 bits per heavy atom. The minimum Gasteiger partial charge on any atom is -0.381 e. The Hall–Kier alpha value is -1.35. The van der Waals surface area contributed by atoms with Crippen molar-refractivity contribution in [2.24, 2.45) is 0 Å². The lowest BCUT2D eigenvalue weighted by Crippen LogP contribution is -2.02. The van der Waals surface area contributed by atoms with Crippen molar-refractivity contribution >= 4 is 21.6 Å². The molecule has 3 heteroatoms. The molecule has 19 heavy (non-hydrogen) atoms. The minimum absolute atomic E-state index is 0.236. The van der Waals surface area contributed by atoms with Gasteiger partial charge < -0.3 is 5.32 Å². The molecular formula is C16H15BrFN. The number of hydrogen-bond acceptors (Lipinski definition) is 1. The monoisotopic (exact) mass is 319 g/mol. The Labute approximate surface area is 121 Å². The Balaban J connectivity index is 1.73. The van der Waals surface area contributed by atoms with Crippen LogP contribution >= 0.6 is 15.9 Å². The fraction of sp³-hybridized carbons (Fsp3) is 0.250. The lowest BCUT2D eigenvalue weighted by Gasteiger charge is -2.11. The summed E-state index contributed by atoms with van der Waals surface area (Å²) in [4.78, 5) is 0. The highest BCUT2D eigenvalue weighted by Gasteiger charge is 2.25. The molecule has 0 saturated heterocycles. The van der Waals surface area contributed by atoms with Crippen molar-refractivity contribution in [3.8, 4) is 0 Å². The Bertz CT molecular complexity index is 593. The van der Waals surface area contributed by atoms with E-state index in [0.717, 1.165) is 18.2 Å². The number of nitrogens with one attached hydrogen (secondary N) is 1. The van der Waals surface area contributed by atoms with E-state index in [0.29, 0.717) is 4.47 Å². The lowest BCUT2D eigenvalue weighted by molar-refractivity contribution is 0.621. The van der Waals surface area contributed by atoms with Gasteiger partial charge >= 0.3 is 0 Å². The standard InChI is InChI=1S/C16H15BrFN/c17-15-8-7-13(9-16(15)18)19-10-12-3-1-2-4-14(12)11-5-6-11/h1-4,7-9,11,19H,5-6,10H2. The van der Waals surface area contributed by atoms with E-state index < -0.39 is 0 Å². The van der Waals surface area contributed by atoms with Crippen molar-refractivity contribution in [2.45, 2.75) is 25.3 Å². The van der Waals surface area contributed by atoms with Gasteiger partial charge in [-0.1, -0.05) is 24.3 Å². The first-order chi connectivity index (χ1) is 9.24. The molecule has 1 aliphatic rings. The van der Waals surface area contributed by atoms with E-state index in [2.05, 4.69) is 45.5 Å². The molecule has 1 fully saturated rings. The van der Waals surface area contributed by atoms with Crippen molar-refractivity contribution in [1.29, 1.82) is 0 Å². The van der Waals surface area contributed by atoms with Crippen molar-refractivity contribution in [3.05, 3.63) is 63.9 Å². The highest BCUT2D eigenvalue weighted by molar-refractivity contribution is 9.10. The predicted molar refractivity (Wildman–Crippen MR) is 79.8 cm³/mol. The quantitative estimate of drug-likeness (QED) is 0.828. The van der Waals surface area contributed by atoms with E-state index in [-0.39, 0.29) is 5.82 Å². The summed E-state index contributed by atoms with van der Waals surface area (Å²) in [5.74, 6) is 0.500. The van der Waals surface area contributed by atoms with Gasteiger partial charge in [0, 0.05) is 12.2 Å². The highest BCUT2D eigenvalue weighted by Crippen LogP contribution is 2.41. The molecule has 0 atom stereocenters. The normalized spacial score (nSPS) is 14.4. The van der Waals surface area contributed by atoms with Crippen LogP contribution in [0.1, 0.15) is 29.9 Å². The van der Waals surface area contributed by atoms with Gasteiger partial charge in [0.1, 0.15) is 5.82 Å². The zero-order valence-electron chi connectivity index (χ0n) is 10.5. The fourth-order valence-electron chi connectivity index (χ4n) is 2.29. The van der Waals surface area contributed by atoms with Crippen LogP contribution in [0.25, 0.3) is 0 Å². The molecule has 0 spiro atoms. The van der Waals surface area contributed by atoms with Crippen LogP contribution in [0.4, 0.5) is 10.1 Å². The second kappa shape index (κ2) is 5.33. The average Bonchev–Trinajstić information content (AvgIpc) is 3.25. The van der Waals surface area contributed by atoms with Gasteiger partial charge in [0.15, 0.2) is 0 Å². The zero-order valence-corrected chi connectivity index (χ0v) is 12.1. The summed E-state index contributed by atoms with van der Waals surface area (Å²) in [5, 5.41) is 3.29. The van der Waals surface area contributed by atoms with Gasteiger partial charge in [-0.15, -0.1) is 0 Å². The fourth-order valence-corrected chi connectivity index (χ4v) is 2.54. The number of benzene rings is 2. The van der Waals surface area contributed by atoms with Crippen LogP contribution < -0.4 is 5.32 Å². The molecule has 1 nitrogen and oxygen atoms in total. The molecule has 2 aromatic carbocycles. The molecule has 2 aromatic rings. The van der Waals surface area contributed by atoms with Crippen molar-refractivity contribution in [3.63, 3.8) is 0 Å². The molecule has 0 radical (unpaired) electrons. The molecule has 1 aliphatic carbocycles. The van der Waals surface area contributed by atoms with Crippen molar-refractivity contribution in [1.82, 2.24) is 0 Å². The van der Waals surface area contributed by atoms with Gasteiger partial charge in [0.25, 0.3) is 0 Å². The smallest absolute Gasteiger partial charge is 0.139 e. The van der Waals surface area contributed by atoms with Gasteiger partial charge in [0.2, 0.25) is 0 Å². The molecule has 1 N–H and O–H groups in total. The van der Waals surface area contributed by atoms with Crippen LogP contribution in [0.15, 0.2) is 46.9 Å². The number of rotatable bonds is 4. The van der Waals surface area contributed by atoms with E-state index in [1.54, 1.807) is 6.07 Å². The zero-order chi connectivity index (χ0) is 13.2. The van der Waals surface area contributed by atoms with Gasteiger partial charge in [-0.3, -0.25) is 0 Å². The highest BCUT2D eigenvalue weighted by atomic mass is 79.9. The third kappa shape index (κ3) is 2.98. The van der Waals surface area contributed by atoms with Crippen molar-refractivity contribution in [2.75, 3.05) is 5.32 Å². The van der Waals surface area contributed by atoms with Crippen LogP contribution in [-0.4, -0.2) is 0 Å². The molecule has 0 amide bonds. The predicted octanol–water partition coefficient (Wildman–Crippen LogP) is 5.08. The maximum Gasteiger partial charge on any atom is 0.139 e. The third-order valence-electron chi connectivity index (χ3n) is 3.47. The molecule has 3 rings (SSSR count). The molecule has 0 unspecified atom stereocenters. The van der Waals surface area contributed by atoms with Gasteiger partial charge in [0.05, 0.1) is 4.47 Å². The first-order valence-electron chi connectivity index (χ1n) is 6.51. The molecular weight excluding hydrogens is 305 g/mol. The van der Waals surface area contributed by atoms with Crippen LogP contribution in [0.3, 0.4) is 0 Å². The first-order valence-corrected chi connectivity index (χ1v) is 7.30. The van der Waals surface area contributed by atoms with Gasteiger partial charge in [-0.25, -0.2) is 4.39 Å². The molecule has 0 heterocycles. The number of hydrogen-bond donors (Lipinski definition) is 1. The molecule has 0 aliphatic heterocycles. The third-order valence-corrected chi connectivity index (χ3v) is 4.12. The number of halogens is 2. The summed E-state index contributed by atoms with van der Waals surface area (Å²) < 4.78 is 13.9. The Kier molecular flexibility index (Phi) is 3.56. The van der Waals surface area contributed by atoms with E-state index in [4.69, 9.17) is 0 Å². The lowest BCUT2D eigenvalue weighted by atomic mass is 10.0. The van der Waals surface area contributed by atoms with Crippen LogP contribution in [-0.2, 0) is 6.54 Å². The van der Waals surface area contributed by atoms with Crippen LogP contribution in [0.5, 0.6) is 0 Å². The van der Waals surface area contributed by atoms with Crippen LogP contribution in [0, 0.1) is 5.82 Å². The largest absolute Gasteiger partial charge is 0.381 e. The molecule has 98 valence electrons. The van der Waals surface area contributed by atoms with E-state index >= 15 is 0 Å². The second-order valence-corrected chi connectivity index (χ2v) is 5.81. The van der Waals surface area contributed by atoms with E-state index in [1.807, 2.05) is 6.07 Å². The SMILES string of the molecule is Fc1cc(NCc2ccccc2C2CC2)ccc1Br. The summed E-state index contributed by atoms with van der Waals surface area (Å²) in [6, 6.07) is 13.6. The Morgan fingerprint density at radius 1 is 1.16 bits per heavy atom. The summed E-state index contributed by atoms with van der Waals surface area (Å²) in [6.45, 7) is 0.744. The van der Waals surface area contributed by atoms with Crippen LogP contribution in [0.2, 0.25) is 0 Å². The maximum atomic E-state index is 13.4. The Morgan fingerprint density at radius 2 is 1.95 bits per heavy atom. The average molecular weight is 320 g/mol. The number of anilines is 1.